The van der Waals surface area contributed by atoms with E-state index in [0.717, 1.165) is 0 Å². The molecule has 1 aromatic carbocycles. The van der Waals surface area contributed by atoms with E-state index >= 15 is 0 Å². The van der Waals surface area contributed by atoms with Crippen LogP contribution in [0.25, 0.3) is 0 Å². The third-order valence-corrected chi connectivity index (χ3v) is 4.46. The van der Waals surface area contributed by atoms with Gasteiger partial charge in [-0.15, -0.1) is 0 Å². The number of hydrogen-bond donors (Lipinski definition) is 1. The van der Waals surface area contributed by atoms with E-state index in [1.165, 1.54) is 0 Å². The van der Waals surface area contributed by atoms with E-state index in [0.29, 0.717) is 55.1 Å². The molecule has 1 saturated heterocycles. The molecule has 0 radical (unpaired) electrons. The molecule has 138 valence electrons. The van der Waals surface area contributed by atoms with Gasteiger partial charge in [0.25, 0.3) is 0 Å². The van der Waals surface area contributed by atoms with Crippen LogP contribution in [-0.2, 0) is 9.59 Å². The number of halogens is 2. The quantitative estimate of drug-likeness (QED) is 0.777. The van der Waals surface area contributed by atoms with Crippen molar-refractivity contribution in [2.75, 3.05) is 45.9 Å². The molecular weight excluding hydrogens is 365 g/mol. The molecular formula is C17H23Cl2N3O3. The van der Waals surface area contributed by atoms with Gasteiger partial charge in [0, 0.05) is 37.7 Å². The van der Waals surface area contributed by atoms with E-state index in [1.54, 1.807) is 23.1 Å². The molecule has 0 aliphatic carbocycles. The highest BCUT2D eigenvalue weighted by Gasteiger charge is 2.22. The highest BCUT2D eigenvalue weighted by Crippen LogP contribution is 2.27. The second-order valence-electron chi connectivity index (χ2n) is 5.78. The van der Waals surface area contributed by atoms with Gasteiger partial charge in [-0.05, 0) is 25.1 Å². The highest BCUT2D eigenvalue weighted by molar-refractivity contribution is 6.35. The summed E-state index contributed by atoms with van der Waals surface area (Å²) in [5.41, 5.74) is 0. The van der Waals surface area contributed by atoms with Crippen LogP contribution in [0.3, 0.4) is 0 Å². The molecule has 0 bridgehead atoms. The maximum absolute atomic E-state index is 12.3. The summed E-state index contributed by atoms with van der Waals surface area (Å²) in [7, 11) is 0. The first-order valence-electron chi connectivity index (χ1n) is 8.34. The lowest BCUT2D eigenvalue weighted by molar-refractivity contribution is -0.133. The molecule has 0 saturated carbocycles. The third kappa shape index (κ3) is 6.38. The topological polar surface area (TPSA) is 61.9 Å². The van der Waals surface area contributed by atoms with Gasteiger partial charge in [-0.1, -0.05) is 23.2 Å². The summed E-state index contributed by atoms with van der Waals surface area (Å²) in [5, 5.41) is 3.75. The van der Waals surface area contributed by atoms with E-state index in [2.05, 4.69) is 10.2 Å². The van der Waals surface area contributed by atoms with Crippen molar-refractivity contribution in [3.8, 4) is 5.75 Å². The lowest BCUT2D eigenvalue weighted by Gasteiger charge is -2.34. The number of hydrogen-bond acceptors (Lipinski definition) is 4. The van der Waals surface area contributed by atoms with E-state index in [9.17, 15) is 9.59 Å². The number of carbonyl (C=O) groups is 2. The van der Waals surface area contributed by atoms with Crippen molar-refractivity contribution in [3.63, 3.8) is 0 Å². The average molecular weight is 388 g/mol. The number of rotatable bonds is 7. The molecule has 1 aromatic rings. The molecule has 25 heavy (non-hydrogen) atoms. The van der Waals surface area contributed by atoms with E-state index < -0.39 is 0 Å². The number of nitrogens with zero attached hydrogens (tertiary/aromatic N) is 2. The minimum Gasteiger partial charge on any atom is -0.491 e. The summed E-state index contributed by atoms with van der Waals surface area (Å²) in [4.78, 5) is 27.7. The first kappa shape index (κ1) is 19.8. The molecule has 0 aromatic heterocycles. The SMILES string of the molecule is CCNC(=O)CN1CCN(C(=O)CCOc2ccc(Cl)cc2Cl)CC1. The molecule has 8 heteroatoms. The zero-order chi connectivity index (χ0) is 18.2. The molecule has 1 aliphatic rings. The Labute approximate surface area is 158 Å². The van der Waals surface area contributed by atoms with Crippen LogP contribution in [0.4, 0.5) is 0 Å². The van der Waals surface area contributed by atoms with Gasteiger partial charge in [-0.25, -0.2) is 0 Å². The van der Waals surface area contributed by atoms with Crippen LogP contribution in [0.15, 0.2) is 18.2 Å². The Hall–Kier alpha value is -1.50. The van der Waals surface area contributed by atoms with Crippen LogP contribution in [0.1, 0.15) is 13.3 Å². The molecule has 1 fully saturated rings. The first-order chi connectivity index (χ1) is 12.0. The lowest BCUT2D eigenvalue weighted by atomic mass is 10.2. The zero-order valence-electron chi connectivity index (χ0n) is 14.3. The van der Waals surface area contributed by atoms with Gasteiger partial charge in [0.15, 0.2) is 0 Å². The fourth-order valence-electron chi connectivity index (χ4n) is 2.61. The number of piperazine rings is 1. The van der Waals surface area contributed by atoms with Crippen molar-refractivity contribution in [1.82, 2.24) is 15.1 Å². The van der Waals surface area contributed by atoms with Crippen molar-refractivity contribution in [1.29, 1.82) is 0 Å². The van der Waals surface area contributed by atoms with Crippen LogP contribution >= 0.6 is 23.2 Å². The van der Waals surface area contributed by atoms with Crippen molar-refractivity contribution >= 4 is 35.0 Å². The second-order valence-corrected chi connectivity index (χ2v) is 6.63. The van der Waals surface area contributed by atoms with E-state index in [4.69, 9.17) is 27.9 Å². The van der Waals surface area contributed by atoms with Gasteiger partial charge >= 0.3 is 0 Å². The Morgan fingerprint density at radius 2 is 1.92 bits per heavy atom. The van der Waals surface area contributed by atoms with Gasteiger partial charge in [0.2, 0.25) is 11.8 Å². The lowest BCUT2D eigenvalue weighted by Crippen LogP contribution is -2.51. The summed E-state index contributed by atoms with van der Waals surface area (Å²) < 4.78 is 5.55. The zero-order valence-corrected chi connectivity index (χ0v) is 15.8. The molecule has 2 rings (SSSR count). The van der Waals surface area contributed by atoms with Gasteiger partial charge in [0.1, 0.15) is 5.75 Å². The van der Waals surface area contributed by atoms with Crippen molar-refractivity contribution in [3.05, 3.63) is 28.2 Å². The molecule has 2 amide bonds. The standard InChI is InChI=1S/C17H23Cl2N3O3/c1-2-20-16(23)12-21-6-8-22(9-7-21)17(24)5-10-25-15-4-3-13(18)11-14(15)19/h3-4,11H,2,5-10,12H2,1H3,(H,20,23). The molecule has 1 heterocycles. The number of amides is 2. The maximum Gasteiger partial charge on any atom is 0.234 e. The largest absolute Gasteiger partial charge is 0.491 e. The second kappa shape index (κ2) is 9.85. The Morgan fingerprint density at radius 3 is 2.56 bits per heavy atom. The smallest absolute Gasteiger partial charge is 0.234 e. The summed E-state index contributed by atoms with van der Waals surface area (Å²) >= 11 is 11.9. The maximum atomic E-state index is 12.3. The minimum atomic E-state index is 0.0236. The summed E-state index contributed by atoms with van der Waals surface area (Å²) in [6.45, 7) is 5.83. The van der Waals surface area contributed by atoms with Crippen LogP contribution in [0.5, 0.6) is 5.75 Å². The molecule has 0 unspecified atom stereocenters. The Kier molecular flexibility index (Phi) is 7.81. The number of nitrogens with one attached hydrogen (secondary N) is 1. The summed E-state index contributed by atoms with van der Waals surface area (Å²) in [5.74, 6) is 0.587. The van der Waals surface area contributed by atoms with Crippen molar-refractivity contribution in [2.45, 2.75) is 13.3 Å². The van der Waals surface area contributed by atoms with Gasteiger partial charge in [-0.2, -0.15) is 0 Å². The molecule has 6 nitrogen and oxygen atoms in total. The van der Waals surface area contributed by atoms with Crippen LogP contribution < -0.4 is 10.1 Å². The highest BCUT2D eigenvalue weighted by atomic mass is 35.5. The molecule has 0 atom stereocenters. The fourth-order valence-corrected chi connectivity index (χ4v) is 3.07. The number of carbonyl (C=O) groups excluding carboxylic acids is 2. The predicted molar refractivity (Wildman–Crippen MR) is 98.3 cm³/mol. The van der Waals surface area contributed by atoms with Gasteiger partial charge in [-0.3, -0.25) is 14.5 Å². The summed E-state index contributed by atoms with van der Waals surface area (Å²) in [6, 6.07) is 4.99. The Bertz CT molecular complexity index is 605. The number of ether oxygens (including phenoxy) is 1. The molecule has 1 aliphatic heterocycles. The fraction of sp³-hybridized carbons (Fsp3) is 0.529. The minimum absolute atomic E-state index is 0.0236. The molecule has 0 spiro atoms. The van der Waals surface area contributed by atoms with Gasteiger partial charge < -0.3 is 15.0 Å². The van der Waals surface area contributed by atoms with Crippen LogP contribution in [0, 0.1) is 0 Å². The van der Waals surface area contributed by atoms with E-state index in [1.807, 2.05) is 6.92 Å². The number of likely N-dealkylation sites (N-methyl/N-ethyl adjacent to an activating group) is 1. The molecule has 1 N–H and O–H groups in total. The van der Waals surface area contributed by atoms with Crippen LogP contribution in [0.2, 0.25) is 10.0 Å². The monoisotopic (exact) mass is 387 g/mol. The Balaban J connectivity index is 1.69. The predicted octanol–water partition coefficient (Wildman–Crippen LogP) is 2.04. The van der Waals surface area contributed by atoms with E-state index in [-0.39, 0.29) is 24.8 Å². The van der Waals surface area contributed by atoms with Crippen molar-refractivity contribution < 1.29 is 14.3 Å². The third-order valence-electron chi connectivity index (χ3n) is 3.93. The summed E-state index contributed by atoms with van der Waals surface area (Å²) in [6.07, 6.45) is 0.287. The average Bonchev–Trinajstić information content (AvgIpc) is 2.57. The Morgan fingerprint density at radius 1 is 1.20 bits per heavy atom. The number of benzene rings is 1. The first-order valence-corrected chi connectivity index (χ1v) is 9.10. The van der Waals surface area contributed by atoms with Crippen LogP contribution in [-0.4, -0.2) is 67.5 Å². The van der Waals surface area contributed by atoms with Crippen molar-refractivity contribution in [2.24, 2.45) is 0 Å². The van der Waals surface area contributed by atoms with Gasteiger partial charge in [0.05, 0.1) is 24.6 Å². The normalized spacial score (nSPS) is 15.1.